The van der Waals surface area contributed by atoms with Crippen LogP contribution in [0.5, 0.6) is 23.0 Å². The van der Waals surface area contributed by atoms with Gasteiger partial charge in [0.25, 0.3) is 11.6 Å². The molecule has 0 aromatic heterocycles. The van der Waals surface area contributed by atoms with Crippen molar-refractivity contribution in [2.24, 2.45) is 4.40 Å². The van der Waals surface area contributed by atoms with Gasteiger partial charge in [-0.25, -0.2) is 0 Å². The molecule has 0 aliphatic heterocycles. The van der Waals surface area contributed by atoms with E-state index >= 15 is 0 Å². The molecule has 0 aliphatic rings. The van der Waals surface area contributed by atoms with Gasteiger partial charge in [-0.2, -0.15) is 17.1 Å². The number of hydrogen-bond donors (Lipinski definition) is 0. The third-order valence-electron chi connectivity index (χ3n) is 5.36. The predicted molar refractivity (Wildman–Crippen MR) is 140 cm³/mol. The van der Waals surface area contributed by atoms with E-state index in [9.17, 15) is 23.3 Å². The van der Waals surface area contributed by atoms with Crippen molar-refractivity contribution < 1.29 is 37.1 Å². The van der Waals surface area contributed by atoms with Crippen LogP contribution in [0, 0.1) is 10.1 Å². The van der Waals surface area contributed by atoms with Crippen LogP contribution in [0.3, 0.4) is 0 Å². The third-order valence-corrected chi connectivity index (χ3v) is 6.60. The van der Waals surface area contributed by atoms with E-state index in [2.05, 4.69) is 4.40 Å². The number of nitro benzene ring substituents is 1. The predicted octanol–water partition coefficient (Wildman–Crippen LogP) is 3.83. The van der Waals surface area contributed by atoms with Crippen molar-refractivity contribution in [2.45, 2.75) is 6.42 Å². The first-order valence-electron chi connectivity index (χ1n) is 11.0. The molecule has 0 aliphatic carbocycles. The number of anilines is 1. The Balaban J connectivity index is 2.04. The van der Waals surface area contributed by atoms with E-state index < -0.39 is 21.0 Å². The fraction of sp³-hybridized carbons (Fsp3) is 0.200. The second-order valence-corrected chi connectivity index (χ2v) is 9.00. The van der Waals surface area contributed by atoms with Gasteiger partial charge in [0.05, 0.1) is 33.4 Å². The number of nitro groups is 1. The molecule has 3 rings (SSSR count). The molecule has 0 heterocycles. The summed E-state index contributed by atoms with van der Waals surface area (Å²) in [7, 11) is 1.02. The van der Waals surface area contributed by atoms with E-state index in [-0.39, 0.29) is 29.1 Å². The smallest absolute Gasteiger partial charge is 0.351 e. The Bertz CT molecular complexity index is 1430. The molecule has 0 saturated heterocycles. The largest absolute Gasteiger partial charge is 0.496 e. The monoisotopic (exact) mass is 543 g/mol. The fourth-order valence-corrected chi connectivity index (χ4v) is 4.60. The van der Waals surface area contributed by atoms with Gasteiger partial charge >= 0.3 is 10.2 Å². The van der Waals surface area contributed by atoms with Crippen molar-refractivity contribution in [3.8, 4) is 23.0 Å². The van der Waals surface area contributed by atoms with Crippen LogP contribution in [0.25, 0.3) is 0 Å². The molecule has 3 aromatic rings. The van der Waals surface area contributed by atoms with Gasteiger partial charge in [0.15, 0.2) is 0 Å². The summed E-state index contributed by atoms with van der Waals surface area (Å²) in [5.41, 5.74) is 0.0443. The molecule has 3 aromatic carbocycles. The van der Waals surface area contributed by atoms with Gasteiger partial charge in [0.1, 0.15) is 28.7 Å². The second-order valence-electron chi connectivity index (χ2n) is 7.53. The molecule has 1 amide bonds. The number of non-ortho nitro benzene ring substituents is 1. The lowest BCUT2D eigenvalue weighted by Crippen LogP contribution is -2.36. The molecule has 0 radical (unpaired) electrons. The molecule has 0 atom stereocenters. The zero-order valence-corrected chi connectivity index (χ0v) is 21.8. The van der Waals surface area contributed by atoms with Gasteiger partial charge in [0, 0.05) is 48.0 Å². The summed E-state index contributed by atoms with van der Waals surface area (Å²) in [5.74, 6) is 0.353. The highest BCUT2D eigenvalue weighted by molar-refractivity contribution is 7.92. The average molecular weight is 544 g/mol. The first-order chi connectivity index (χ1) is 18.2. The molecule has 0 bridgehead atoms. The minimum absolute atomic E-state index is 0.0267. The third kappa shape index (κ3) is 6.00. The number of carbonyl (C=O) groups is 1. The van der Waals surface area contributed by atoms with E-state index in [0.29, 0.717) is 27.1 Å². The van der Waals surface area contributed by atoms with Gasteiger partial charge < -0.3 is 18.9 Å². The first kappa shape index (κ1) is 27.9. The fourth-order valence-electron chi connectivity index (χ4n) is 3.53. The molecule has 38 heavy (non-hydrogen) atoms. The number of ether oxygens (including phenoxy) is 4. The molecule has 200 valence electrons. The van der Waals surface area contributed by atoms with Crippen LogP contribution in [0.2, 0.25) is 0 Å². The number of amides is 1. The van der Waals surface area contributed by atoms with E-state index in [1.54, 1.807) is 18.2 Å². The SMILES string of the molecule is COc1cc(OC)c(CC=NS(=O)(=O)N(C(=O)c2ccc([N+](=O)[O-])cc2)c2ccccc2OC)c(OC)c1. The summed E-state index contributed by atoms with van der Waals surface area (Å²) in [6.45, 7) is 0. The number of nitrogens with zero attached hydrogens (tertiary/aromatic N) is 3. The van der Waals surface area contributed by atoms with Crippen LogP contribution >= 0.6 is 0 Å². The van der Waals surface area contributed by atoms with E-state index in [1.165, 1.54) is 46.6 Å². The second kappa shape index (κ2) is 12.1. The molecule has 0 fully saturated rings. The summed E-state index contributed by atoms with van der Waals surface area (Å²) in [5, 5.41) is 11.0. The highest BCUT2D eigenvalue weighted by Gasteiger charge is 2.32. The number of para-hydroxylation sites is 2. The van der Waals surface area contributed by atoms with Crippen LogP contribution in [0.4, 0.5) is 11.4 Å². The first-order valence-corrected chi connectivity index (χ1v) is 12.4. The van der Waals surface area contributed by atoms with Crippen molar-refractivity contribution >= 4 is 33.7 Å². The normalized spacial score (nSPS) is 11.2. The molecule has 13 heteroatoms. The van der Waals surface area contributed by atoms with E-state index in [0.717, 1.165) is 30.5 Å². The van der Waals surface area contributed by atoms with E-state index in [1.807, 2.05) is 0 Å². The van der Waals surface area contributed by atoms with Crippen LogP contribution in [0.1, 0.15) is 15.9 Å². The van der Waals surface area contributed by atoms with Crippen LogP contribution in [-0.4, -0.2) is 53.9 Å². The maximum absolute atomic E-state index is 13.4. The summed E-state index contributed by atoms with van der Waals surface area (Å²) in [4.78, 5) is 23.8. The standard InChI is InChI=1S/C25H25N3O9S/c1-34-19-15-23(36-3)20(24(16-19)37-4)13-14-26-38(32,33)27(21-7-5-6-8-22(21)35-2)25(29)17-9-11-18(12-10-17)28(30)31/h5-12,14-16H,13H2,1-4H3. The topological polar surface area (TPSA) is 147 Å². The van der Waals surface area contributed by atoms with Crippen molar-refractivity contribution in [2.75, 3.05) is 32.7 Å². The summed E-state index contributed by atoms with van der Waals surface area (Å²) < 4.78 is 52.4. The van der Waals surface area contributed by atoms with Gasteiger partial charge in [-0.1, -0.05) is 12.1 Å². The summed E-state index contributed by atoms with van der Waals surface area (Å²) in [6, 6.07) is 13.7. The zero-order chi connectivity index (χ0) is 27.9. The van der Waals surface area contributed by atoms with Gasteiger partial charge in [-0.3, -0.25) is 14.9 Å². The Morgan fingerprint density at radius 1 is 0.921 bits per heavy atom. The van der Waals surface area contributed by atoms with Crippen LogP contribution < -0.4 is 23.3 Å². The number of benzene rings is 3. The van der Waals surface area contributed by atoms with Crippen LogP contribution in [0.15, 0.2) is 65.1 Å². The maximum atomic E-state index is 13.4. The van der Waals surface area contributed by atoms with Crippen molar-refractivity contribution in [1.29, 1.82) is 0 Å². The Hall–Kier alpha value is -4.65. The van der Waals surface area contributed by atoms with Gasteiger partial charge in [0.2, 0.25) is 0 Å². The minimum Gasteiger partial charge on any atom is -0.496 e. The quantitative estimate of drug-likeness (QED) is 0.200. The molecular formula is C25H25N3O9S. The van der Waals surface area contributed by atoms with Gasteiger partial charge in [-0.05, 0) is 24.3 Å². The van der Waals surface area contributed by atoms with E-state index in [4.69, 9.17) is 18.9 Å². The van der Waals surface area contributed by atoms with Crippen molar-refractivity contribution in [3.05, 3.63) is 81.9 Å². The molecule has 0 N–H and O–H groups in total. The highest BCUT2D eigenvalue weighted by atomic mass is 32.2. The molecule has 0 unspecified atom stereocenters. The number of rotatable bonds is 11. The molecule has 0 spiro atoms. The number of methoxy groups -OCH3 is 4. The number of hydrogen-bond acceptors (Lipinski definition) is 9. The summed E-state index contributed by atoms with van der Waals surface area (Å²) >= 11 is 0. The zero-order valence-electron chi connectivity index (χ0n) is 21.0. The van der Waals surface area contributed by atoms with Crippen LogP contribution in [-0.2, 0) is 16.6 Å². The minimum atomic E-state index is -4.67. The Kier molecular flexibility index (Phi) is 8.86. The molecule has 0 saturated carbocycles. The maximum Gasteiger partial charge on any atom is 0.351 e. The Morgan fingerprint density at radius 2 is 1.50 bits per heavy atom. The van der Waals surface area contributed by atoms with Gasteiger partial charge in [-0.15, -0.1) is 0 Å². The average Bonchev–Trinajstić information content (AvgIpc) is 2.92. The lowest BCUT2D eigenvalue weighted by Gasteiger charge is -2.22. The van der Waals surface area contributed by atoms with Crippen molar-refractivity contribution in [3.63, 3.8) is 0 Å². The molecular weight excluding hydrogens is 518 g/mol. The Morgan fingerprint density at radius 3 is 2.03 bits per heavy atom. The number of carbonyl (C=O) groups excluding carboxylic acids is 1. The lowest BCUT2D eigenvalue weighted by atomic mass is 10.1. The Labute approximate surface area is 219 Å². The summed E-state index contributed by atoms with van der Waals surface area (Å²) in [6.07, 6.45) is 1.08. The highest BCUT2D eigenvalue weighted by Crippen LogP contribution is 2.35. The van der Waals surface area contributed by atoms with Crippen molar-refractivity contribution in [1.82, 2.24) is 0 Å². The lowest BCUT2D eigenvalue weighted by molar-refractivity contribution is -0.384. The molecule has 12 nitrogen and oxygen atoms in total.